The molecule has 0 aliphatic carbocycles. The minimum atomic E-state index is -5.11. The molecule has 0 bridgehead atoms. The Bertz CT molecular complexity index is 909. The summed E-state index contributed by atoms with van der Waals surface area (Å²) in [4.78, 5) is 27.2. The molecule has 0 saturated carbocycles. The lowest BCUT2D eigenvalue weighted by molar-refractivity contribution is -0.135. The number of carbonyl (C=O) groups is 2. The van der Waals surface area contributed by atoms with Gasteiger partial charge in [-0.15, -0.1) is 0 Å². The van der Waals surface area contributed by atoms with Crippen LogP contribution in [-0.2, 0) is 20.1 Å². The number of amides is 2. The van der Waals surface area contributed by atoms with Crippen molar-refractivity contribution in [3.05, 3.63) is 36.8 Å². The van der Waals surface area contributed by atoms with Gasteiger partial charge in [0.1, 0.15) is 11.8 Å². The summed E-state index contributed by atoms with van der Waals surface area (Å²) in [6.07, 6.45) is 3.63. The first-order chi connectivity index (χ1) is 11.3. The average Bonchev–Trinajstić information content (AvgIpc) is 2.95. The fourth-order valence-electron chi connectivity index (χ4n) is 2.45. The van der Waals surface area contributed by atoms with E-state index in [-0.39, 0.29) is 18.1 Å². The third-order valence-corrected chi connectivity index (χ3v) is 3.89. The Morgan fingerprint density at radius 3 is 2.83 bits per heavy atom. The summed E-state index contributed by atoms with van der Waals surface area (Å²) in [6.45, 7) is 0. The maximum absolute atomic E-state index is 12.6. The van der Waals surface area contributed by atoms with Crippen LogP contribution in [0.2, 0.25) is 0 Å². The van der Waals surface area contributed by atoms with Crippen molar-refractivity contribution in [3.8, 4) is 17.0 Å². The predicted octanol–water partition coefficient (Wildman–Crippen LogP) is 1.12. The lowest BCUT2D eigenvalue weighted by Crippen LogP contribution is -2.41. The summed E-state index contributed by atoms with van der Waals surface area (Å²) >= 11 is 0. The molecule has 1 N–H and O–H groups in total. The average molecular weight is 353 g/mol. The van der Waals surface area contributed by atoms with Crippen molar-refractivity contribution in [1.82, 2.24) is 14.9 Å². The van der Waals surface area contributed by atoms with Gasteiger partial charge in [-0.05, 0) is 18.6 Å². The topological polar surface area (TPSA) is 107 Å². The fraction of sp³-hybridized carbons (Fsp3) is 0.214. The highest BCUT2D eigenvalue weighted by Gasteiger charge is 2.28. The molecule has 1 aromatic heterocycles. The van der Waals surface area contributed by atoms with Crippen molar-refractivity contribution in [3.63, 3.8) is 0 Å². The van der Waals surface area contributed by atoms with Crippen molar-refractivity contribution in [1.29, 1.82) is 0 Å². The highest BCUT2D eigenvalue weighted by molar-refractivity contribution is 7.81. The first kappa shape index (κ1) is 16.1. The van der Waals surface area contributed by atoms with Crippen LogP contribution in [0.4, 0.5) is 3.89 Å². The lowest BCUT2D eigenvalue weighted by Gasteiger charge is -2.21. The molecule has 24 heavy (non-hydrogen) atoms. The Morgan fingerprint density at radius 1 is 1.33 bits per heavy atom. The van der Waals surface area contributed by atoms with Crippen LogP contribution in [0.15, 0.2) is 36.8 Å². The predicted molar refractivity (Wildman–Crippen MR) is 79.7 cm³/mol. The Labute approximate surface area is 136 Å². The van der Waals surface area contributed by atoms with Crippen LogP contribution < -0.4 is 9.50 Å². The molecule has 2 aromatic rings. The number of carbonyl (C=O) groups excluding carboxylic acids is 2. The van der Waals surface area contributed by atoms with Crippen LogP contribution in [0.25, 0.3) is 11.3 Å². The van der Waals surface area contributed by atoms with E-state index in [2.05, 4.69) is 14.5 Å². The summed E-state index contributed by atoms with van der Waals surface area (Å²) in [7, 11) is -5.11. The molecule has 2 heterocycles. The second-order valence-electron chi connectivity index (χ2n) is 5.18. The third kappa shape index (κ3) is 3.59. The molecule has 3 rings (SSSR count). The Hall–Kier alpha value is -2.75. The van der Waals surface area contributed by atoms with Crippen LogP contribution in [0, 0.1) is 0 Å². The number of benzene rings is 1. The number of halogens is 1. The van der Waals surface area contributed by atoms with E-state index >= 15 is 0 Å². The number of piperidine rings is 1. The third-order valence-electron chi connectivity index (χ3n) is 3.50. The number of hydrogen-bond acceptors (Lipinski definition) is 6. The zero-order chi connectivity index (χ0) is 17.3. The Balaban J connectivity index is 1.84. The van der Waals surface area contributed by atoms with E-state index in [0.29, 0.717) is 17.7 Å². The van der Waals surface area contributed by atoms with E-state index in [1.807, 2.05) is 0 Å². The van der Waals surface area contributed by atoms with Crippen molar-refractivity contribution < 1.29 is 26.1 Å². The molecule has 1 aromatic carbocycles. The van der Waals surface area contributed by atoms with Gasteiger partial charge in [-0.25, -0.2) is 4.98 Å². The summed E-state index contributed by atoms with van der Waals surface area (Å²) in [5.41, 5.74) is 0.934. The number of hydrogen-bond donors (Lipinski definition) is 1. The standard InChI is InChI=1S/C14H12FN3O5S/c15-24(21,22)23-10-3-1-2-9(6-10)11-7-18(8-16-11)12-4-5-13(19)17-14(12)20/h1-3,6-8,12H,4-5H2,(H,17,19,20). The van der Waals surface area contributed by atoms with Crippen molar-refractivity contribution in [2.45, 2.75) is 18.9 Å². The second-order valence-corrected chi connectivity index (χ2v) is 6.13. The highest BCUT2D eigenvalue weighted by Crippen LogP contribution is 2.26. The van der Waals surface area contributed by atoms with Gasteiger partial charge in [0.25, 0.3) is 0 Å². The molecule has 2 amide bonds. The van der Waals surface area contributed by atoms with Gasteiger partial charge < -0.3 is 8.75 Å². The number of nitrogens with one attached hydrogen (secondary N) is 1. The van der Waals surface area contributed by atoms with E-state index in [1.54, 1.807) is 16.8 Å². The SMILES string of the molecule is O=C1CCC(n2cnc(-c3cccc(OS(=O)(=O)F)c3)c2)C(=O)N1. The monoisotopic (exact) mass is 353 g/mol. The van der Waals surface area contributed by atoms with Crippen molar-refractivity contribution >= 4 is 22.3 Å². The van der Waals surface area contributed by atoms with E-state index in [1.165, 1.54) is 24.5 Å². The zero-order valence-electron chi connectivity index (χ0n) is 12.2. The van der Waals surface area contributed by atoms with E-state index in [4.69, 9.17) is 0 Å². The van der Waals surface area contributed by atoms with Crippen molar-refractivity contribution in [2.75, 3.05) is 0 Å². The minimum Gasteiger partial charge on any atom is -0.358 e. The molecule has 126 valence electrons. The lowest BCUT2D eigenvalue weighted by atomic mass is 10.1. The molecule has 1 fully saturated rings. The molecule has 8 nitrogen and oxygen atoms in total. The molecule has 0 radical (unpaired) electrons. The largest absolute Gasteiger partial charge is 0.488 e. The fourth-order valence-corrected chi connectivity index (χ4v) is 2.78. The number of imidazole rings is 1. The molecule has 10 heteroatoms. The number of rotatable bonds is 4. The molecule has 1 atom stereocenters. The summed E-state index contributed by atoms with van der Waals surface area (Å²) in [5.74, 6) is -0.907. The van der Waals surface area contributed by atoms with Gasteiger partial charge in [0, 0.05) is 18.2 Å². The first-order valence-electron chi connectivity index (χ1n) is 6.93. The first-order valence-corrected chi connectivity index (χ1v) is 8.24. The smallest absolute Gasteiger partial charge is 0.358 e. The summed E-state index contributed by atoms with van der Waals surface area (Å²) in [6, 6.07) is 5.18. The van der Waals surface area contributed by atoms with Crippen molar-refractivity contribution in [2.24, 2.45) is 0 Å². The molecular formula is C14H12FN3O5S. The van der Waals surface area contributed by atoms with Crippen LogP contribution in [-0.4, -0.2) is 29.8 Å². The molecule has 1 unspecified atom stereocenters. The van der Waals surface area contributed by atoms with Gasteiger partial charge in [-0.2, -0.15) is 8.42 Å². The highest BCUT2D eigenvalue weighted by atomic mass is 32.3. The Kier molecular flexibility index (Phi) is 4.06. The van der Waals surface area contributed by atoms with Crippen LogP contribution in [0.1, 0.15) is 18.9 Å². The number of imide groups is 1. The van der Waals surface area contributed by atoms with Gasteiger partial charge in [-0.1, -0.05) is 16.0 Å². The van der Waals surface area contributed by atoms with E-state index < -0.39 is 22.5 Å². The molecule has 1 aliphatic heterocycles. The maximum Gasteiger partial charge on any atom is 0.488 e. The quantitative estimate of drug-likeness (QED) is 0.652. The molecule has 1 aliphatic rings. The molecular weight excluding hydrogens is 341 g/mol. The summed E-state index contributed by atoms with van der Waals surface area (Å²) in [5, 5.41) is 2.26. The van der Waals surface area contributed by atoms with E-state index in [0.717, 1.165) is 0 Å². The molecule has 1 saturated heterocycles. The van der Waals surface area contributed by atoms with Gasteiger partial charge in [0.05, 0.1) is 12.0 Å². The number of nitrogens with zero attached hydrogens (tertiary/aromatic N) is 2. The van der Waals surface area contributed by atoms with Gasteiger partial charge in [0.15, 0.2) is 0 Å². The van der Waals surface area contributed by atoms with Crippen LogP contribution in [0.5, 0.6) is 5.75 Å². The van der Waals surface area contributed by atoms with Crippen LogP contribution in [0.3, 0.4) is 0 Å². The van der Waals surface area contributed by atoms with Gasteiger partial charge in [0.2, 0.25) is 11.8 Å². The zero-order valence-corrected chi connectivity index (χ0v) is 13.0. The van der Waals surface area contributed by atoms with Gasteiger partial charge >= 0.3 is 10.5 Å². The summed E-state index contributed by atoms with van der Waals surface area (Å²) < 4.78 is 39.4. The minimum absolute atomic E-state index is 0.189. The Morgan fingerprint density at radius 2 is 2.12 bits per heavy atom. The van der Waals surface area contributed by atoms with Gasteiger partial charge in [-0.3, -0.25) is 14.9 Å². The van der Waals surface area contributed by atoms with E-state index in [9.17, 15) is 21.9 Å². The van der Waals surface area contributed by atoms with Crippen LogP contribution >= 0.6 is 0 Å². The molecule has 0 spiro atoms. The normalized spacial score (nSPS) is 18.3. The maximum atomic E-state index is 12.6. The number of aromatic nitrogens is 2. The second kappa shape index (κ2) is 6.04.